The largest absolute Gasteiger partial charge is 0.265 e. The molecule has 0 radical (unpaired) electrons. The van der Waals surface area contributed by atoms with Crippen LogP contribution in [0.5, 0.6) is 0 Å². The summed E-state index contributed by atoms with van der Waals surface area (Å²) in [5.41, 5.74) is 15.7. The highest BCUT2D eigenvalue weighted by atomic mass is 15.0. The molecule has 448 valence electrons. The van der Waals surface area contributed by atoms with E-state index in [2.05, 4.69) is 238 Å². The van der Waals surface area contributed by atoms with Gasteiger partial charge in [-0.1, -0.05) is 206 Å². The maximum Gasteiger partial charge on any atom is 0.165 e. The molecule has 18 aromatic rings. The Kier molecular flexibility index (Phi) is 14.6. The number of benzene rings is 10. The molecule has 0 atom stereocenters. The van der Waals surface area contributed by atoms with E-state index in [1.165, 1.54) is 43.1 Å². The lowest BCUT2D eigenvalue weighted by Crippen LogP contribution is -2.00. The molecule has 0 fully saturated rings. The zero-order valence-electron chi connectivity index (χ0n) is 51.4. The molecule has 0 aliphatic rings. The molecule has 0 saturated carbocycles. The molecule has 0 amide bonds. The van der Waals surface area contributed by atoms with E-state index in [9.17, 15) is 0 Å². The minimum absolute atomic E-state index is 0.564. The van der Waals surface area contributed by atoms with Crippen molar-refractivity contribution in [3.63, 3.8) is 0 Å². The Bertz CT molecular complexity index is 5390. The SMILES string of the molecule is c1cncc(-c2nc(-c3ccc(-c4ccc(-c5nc6ccccc6c6c5ccc5ccccc56)cc4)cc3)nc(-c3cccnc3)n2)c1.c1cncc(-c2nc(-c3ccncc3)nc(-c3ccc(-c4ccc(-c5nc6ccccc6c6c5ccc5ccccc56)cc4)cc3)n2)c1. The molecule has 8 heterocycles. The molecular formula is C84H52N12. The van der Waals surface area contributed by atoms with Crippen LogP contribution in [0.4, 0.5) is 0 Å². The van der Waals surface area contributed by atoms with Crippen LogP contribution in [0.1, 0.15) is 0 Å². The van der Waals surface area contributed by atoms with Crippen molar-refractivity contribution in [2.75, 3.05) is 0 Å². The summed E-state index contributed by atoms with van der Waals surface area (Å²) >= 11 is 0. The predicted octanol–water partition coefficient (Wildman–Crippen LogP) is 19.7. The first-order valence-corrected chi connectivity index (χ1v) is 31.5. The molecule has 12 heteroatoms. The van der Waals surface area contributed by atoms with Gasteiger partial charge in [-0.15, -0.1) is 0 Å². The first-order valence-electron chi connectivity index (χ1n) is 31.5. The minimum atomic E-state index is 0.564. The van der Waals surface area contributed by atoms with Crippen molar-refractivity contribution in [3.05, 3.63) is 316 Å². The number of para-hydroxylation sites is 2. The summed E-state index contributed by atoms with van der Waals surface area (Å²) in [5.74, 6) is 3.47. The average Bonchev–Trinajstić information content (AvgIpc) is 0.750. The second-order valence-corrected chi connectivity index (χ2v) is 23.3. The van der Waals surface area contributed by atoms with Crippen LogP contribution in [0.25, 0.3) is 178 Å². The molecule has 96 heavy (non-hydrogen) atoms. The lowest BCUT2D eigenvalue weighted by molar-refractivity contribution is 1.07. The van der Waals surface area contributed by atoms with Crippen LogP contribution in [0.2, 0.25) is 0 Å². The predicted molar refractivity (Wildman–Crippen MR) is 386 cm³/mol. The lowest BCUT2D eigenvalue weighted by Gasteiger charge is -2.13. The summed E-state index contributed by atoms with van der Waals surface area (Å²) in [6.45, 7) is 0. The highest BCUT2D eigenvalue weighted by Gasteiger charge is 2.19. The van der Waals surface area contributed by atoms with Gasteiger partial charge in [-0.3, -0.25) is 19.9 Å². The minimum Gasteiger partial charge on any atom is -0.265 e. The zero-order chi connectivity index (χ0) is 63.7. The van der Waals surface area contributed by atoms with E-state index in [4.69, 9.17) is 39.9 Å². The molecule has 18 rings (SSSR count). The van der Waals surface area contributed by atoms with Crippen molar-refractivity contribution in [2.24, 2.45) is 0 Å². The monoisotopic (exact) mass is 1230 g/mol. The molecule has 12 nitrogen and oxygen atoms in total. The normalized spacial score (nSPS) is 11.3. The smallest absolute Gasteiger partial charge is 0.165 e. The van der Waals surface area contributed by atoms with Crippen molar-refractivity contribution in [1.29, 1.82) is 0 Å². The van der Waals surface area contributed by atoms with Gasteiger partial charge in [-0.25, -0.2) is 39.9 Å². The molecular weight excluding hydrogens is 1180 g/mol. The Hall–Kier alpha value is -13.3. The summed E-state index contributed by atoms with van der Waals surface area (Å²) in [6.07, 6.45) is 14.0. The van der Waals surface area contributed by atoms with E-state index in [1.807, 2.05) is 48.5 Å². The topological polar surface area (TPSA) is 155 Å². The maximum absolute atomic E-state index is 5.16. The Morgan fingerprint density at radius 2 is 0.469 bits per heavy atom. The van der Waals surface area contributed by atoms with Gasteiger partial charge in [0, 0.05) is 126 Å². The van der Waals surface area contributed by atoms with Gasteiger partial charge in [-0.05, 0) is 104 Å². The molecule has 10 aromatic carbocycles. The van der Waals surface area contributed by atoms with Gasteiger partial charge in [0.25, 0.3) is 0 Å². The van der Waals surface area contributed by atoms with Gasteiger partial charge in [0.05, 0.1) is 22.4 Å². The van der Waals surface area contributed by atoms with Gasteiger partial charge in [0.15, 0.2) is 34.9 Å². The van der Waals surface area contributed by atoms with E-state index in [0.29, 0.717) is 34.9 Å². The molecule has 0 bridgehead atoms. The summed E-state index contributed by atoms with van der Waals surface area (Å²) < 4.78 is 0. The van der Waals surface area contributed by atoms with Crippen LogP contribution < -0.4 is 0 Å². The molecule has 0 saturated heterocycles. The van der Waals surface area contributed by atoms with Crippen molar-refractivity contribution in [2.45, 2.75) is 0 Å². The van der Waals surface area contributed by atoms with E-state index in [-0.39, 0.29) is 0 Å². The second-order valence-electron chi connectivity index (χ2n) is 23.3. The standard InChI is InChI=1S/2C42H26N6/c1-2-10-34-29(7-1)21-22-36-38(34)35-11-3-4-12-37(35)45-39(36)30-17-13-27(14-18-30)28-15-19-31(20-16-28)40-46-41(32-8-5-23-43-25-32)48-42(47-40)33-9-6-24-44-26-33;1-2-8-34-29(6-1)19-20-36-38(34)35-9-3-4-10-37(35)45-39(36)30-15-11-27(12-16-30)28-13-17-31(18-14-28)40-46-41(32-21-24-43-25-22-32)48-42(47-40)33-7-5-23-44-26-33/h2*1-26H. The lowest BCUT2D eigenvalue weighted by atomic mass is 9.94. The van der Waals surface area contributed by atoms with Crippen LogP contribution in [-0.4, -0.2) is 59.8 Å². The number of hydrogen-bond donors (Lipinski definition) is 0. The van der Waals surface area contributed by atoms with E-state index in [0.717, 1.165) is 100.0 Å². The summed E-state index contributed by atoms with van der Waals surface area (Å²) in [4.78, 5) is 56.0. The Morgan fingerprint density at radius 3 is 0.823 bits per heavy atom. The highest BCUT2D eigenvalue weighted by molar-refractivity contribution is 6.23. The third-order valence-electron chi connectivity index (χ3n) is 17.4. The Morgan fingerprint density at radius 1 is 0.167 bits per heavy atom. The number of hydrogen-bond acceptors (Lipinski definition) is 12. The number of pyridine rings is 6. The quantitative estimate of drug-likeness (QED) is 0.120. The number of nitrogens with zero attached hydrogens (tertiary/aromatic N) is 12. The third kappa shape index (κ3) is 10.9. The van der Waals surface area contributed by atoms with Gasteiger partial charge < -0.3 is 0 Å². The molecule has 0 aliphatic heterocycles. The van der Waals surface area contributed by atoms with Gasteiger partial charge in [-0.2, -0.15) is 0 Å². The fourth-order valence-electron chi connectivity index (χ4n) is 12.7. The molecule has 0 unspecified atom stereocenters. The van der Waals surface area contributed by atoms with Crippen LogP contribution in [0.3, 0.4) is 0 Å². The first-order chi connectivity index (χ1) is 47.6. The Balaban J connectivity index is 0.000000145. The molecule has 0 N–H and O–H groups in total. The summed E-state index contributed by atoms with van der Waals surface area (Å²) in [5, 5.41) is 12.1. The highest BCUT2D eigenvalue weighted by Crippen LogP contribution is 2.40. The van der Waals surface area contributed by atoms with E-state index in [1.54, 1.807) is 49.6 Å². The van der Waals surface area contributed by atoms with Crippen molar-refractivity contribution in [3.8, 4) is 113 Å². The van der Waals surface area contributed by atoms with E-state index < -0.39 is 0 Å². The molecule has 0 spiro atoms. The van der Waals surface area contributed by atoms with E-state index >= 15 is 0 Å². The number of aromatic nitrogens is 12. The number of fused-ring (bicyclic) bond motifs is 10. The molecule has 0 aliphatic carbocycles. The fourth-order valence-corrected chi connectivity index (χ4v) is 12.7. The zero-order valence-corrected chi connectivity index (χ0v) is 51.4. The number of rotatable bonds is 10. The van der Waals surface area contributed by atoms with Gasteiger partial charge in [0.1, 0.15) is 0 Å². The van der Waals surface area contributed by atoms with Crippen LogP contribution in [-0.2, 0) is 0 Å². The molecule has 8 aromatic heterocycles. The van der Waals surface area contributed by atoms with Gasteiger partial charge >= 0.3 is 0 Å². The first kappa shape index (κ1) is 56.6. The maximum atomic E-state index is 5.16. The summed E-state index contributed by atoms with van der Waals surface area (Å²) in [7, 11) is 0. The van der Waals surface area contributed by atoms with Crippen molar-refractivity contribution in [1.82, 2.24) is 59.8 Å². The Labute approximate surface area is 551 Å². The van der Waals surface area contributed by atoms with Crippen molar-refractivity contribution < 1.29 is 0 Å². The van der Waals surface area contributed by atoms with Crippen LogP contribution >= 0.6 is 0 Å². The van der Waals surface area contributed by atoms with Crippen molar-refractivity contribution >= 4 is 64.9 Å². The van der Waals surface area contributed by atoms with Gasteiger partial charge in [0.2, 0.25) is 0 Å². The average molecular weight is 1230 g/mol. The third-order valence-corrected chi connectivity index (χ3v) is 17.4. The summed E-state index contributed by atoms with van der Waals surface area (Å²) in [6, 6.07) is 92.1. The second kappa shape index (κ2) is 24.7. The van der Waals surface area contributed by atoms with Crippen LogP contribution in [0.15, 0.2) is 316 Å². The fraction of sp³-hybridized carbons (Fsp3) is 0. The van der Waals surface area contributed by atoms with Crippen LogP contribution in [0, 0.1) is 0 Å².